The van der Waals surface area contributed by atoms with Gasteiger partial charge in [-0.25, -0.2) is 0 Å². The second-order valence-electron chi connectivity index (χ2n) is 6.28. The van der Waals surface area contributed by atoms with Gasteiger partial charge in [-0.2, -0.15) is 5.26 Å². The Morgan fingerprint density at radius 1 is 1.45 bits per heavy atom. The Hall–Kier alpha value is -1.22. The number of likely N-dealkylation sites (N-methyl/N-ethyl adjacent to an activating group) is 1. The van der Waals surface area contributed by atoms with Crippen LogP contribution in [0.4, 0.5) is 0 Å². The van der Waals surface area contributed by atoms with Crippen LogP contribution in [0.15, 0.2) is 0 Å². The summed E-state index contributed by atoms with van der Waals surface area (Å²) in [4.78, 5) is 27.9. The van der Waals surface area contributed by atoms with E-state index in [1.807, 2.05) is 26.8 Å². The van der Waals surface area contributed by atoms with Gasteiger partial charge in [0.1, 0.15) is 6.04 Å². The minimum atomic E-state index is -0.376. The Morgan fingerprint density at radius 2 is 2.10 bits per heavy atom. The predicted molar refractivity (Wildman–Crippen MR) is 79.9 cm³/mol. The monoisotopic (exact) mass is 297 g/mol. The number of hydrogen-bond acceptors (Lipinski definition) is 4. The number of thioether (sulfide) groups is 1. The summed E-state index contributed by atoms with van der Waals surface area (Å²) in [7, 11) is 1.69. The van der Waals surface area contributed by atoms with Crippen LogP contribution in [0.5, 0.6) is 0 Å². The molecule has 112 valence electrons. The van der Waals surface area contributed by atoms with Crippen molar-refractivity contribution in [2.24, 2.45) is 5.41 Å². The average molecular weight is 297 g/mol. The zero-order chi connectivity index (χ0) is 15.3. The fraction of sp³-hybridized carbons (Fsp3) is 0.786. The highest BCUT2D eigenvalue weighted by atomic mass is 32.2. The topological polar surface area (TPSA) is 64.4 Å². The van der Waals surface area contributed by atoms with Crippen LogP contribution in [-0.2, 0) is 9.59 Å². The van der Waals surface area contributed by atoms with E-state index in [4.69, 9.17) is 5.26 Å². The Balaban J connectivity index is 2.67. The van der Waals surface area contributed by atoms with Gasteiger partial charge in [0, 0.05) is 25.8 Å². The van der Waals surface area contributed by atoms with Gasteiger partial charge in [0.05, 0.1) is 18.4 Å². The predicted octanol–water partition coefficient (Wildman–Crippen LogP) is 1.70. The Kier molecular flexibility index (Phi) is 5.88. The maximum absolute atomic E-state index is 12.3. The molecule has 1 saturated heterocycles. The zero-order valence-electron chi connectivity index (χ0n) is 12.7. The van der Waals surface area contributed by atoms with E-state index < -0.39 is 0 Å². The first-order valence-corrected chi connectivity index (χ1v) is 7.91. The summed E-state index contributed by atoms with van der Waals surface area (Å²) in [6, 6.07) is 1.65. The number of hydrogen-bond donors (Lipinski definition) is 0. The van der Waals surface area contributed by atoms with E-state index in [0.717, 1.165) is 0 Å². The lowest BCUT2D eigenvalue weighted by atomic mass is 9.91. The van der Waals surface area contributed by atoms with Crippen molar-refractivity contribution in [1.29, 1.82) is 5.26 Å². The SMILES string of the molecule is CN(CCC#N)C(=O)C1CSCN1C(=O)CC(C)(C)C. The lowest BCUT2D eigenvalue weighted by Crippen LogP contribution is -2.48. The lowest BCUT2D eigenvalue weighted by molar-refractivity contribution is -0.143. The number of rotatable bonds is 4. The molecule has 0 N–H and O–H groups in total. The number of carbonyl (C=O) groups is 2. The molecule has 6 heteroatoms. The van der Waals surface area contributed by atoms with Gasteiger partial charge >= 0.3 is 0 Å². The second kappa shape index (κ2) is 6.98. The molecule has 1 atom stereocenters. The molecule has 1 unspecified atom stereocenters. The van der Waals surface area contributed by atoms with Crippen LogP contribution in [-0.4, -0.2) is 52.9 Å². The molecule has 0 aromatic carbocycles. The third-order valence-electron chi connectivity index (χ3n) is 3.10. The molecule has 2 amide bonds. The zero-order valence-corrected chi connectivity index (χ0v) is 13.5. The first kappa shape index (κ1) is 16.8. The van der Waals surface area contributed by atoms with Crippen LogP contribution >= 0.6 is 11.8 Å². The second-order valence-corrected chi connectivity index (χ2v) is 7.28. The van der Waals surface area contributed by atoms with E-state index in [9.17, 15) is 9.59 Å². The number of carbonyl (C=O) groups excluding carboxylic acids is 2. The van der Waals surface area contributed by atoms with E-state index in [1.165, 1.54) is 0 Å². The van der Waals surface area contributed by atoms with Crippen molar-refractivity contribution < 1.29 is 9.59 Å². The Labute approximate surface area is 125 Å². The molecule has 5 nitrogen and oxygen atoms in total. The van der Waals surface area contributed by atoms with Crippen molar-refractivity contribution in [2.75, 3.05) is 25.2 Å². The molecule has 0 aromatic heterocycles. The first-order chi connectivity index (χ1) is 9.26. The highest BCUT2D eigenvalue weighted by molar-refractivity contribution is 7.99. The summed E-state index contributed by atoms with van der Waals surface area (Å²) in [6.07, 6.45) is 0.761. The largest absolute Gasteiger partial charge is 0.343 e. The van der Waals surface area contributed by atoms with Crippen LogP contribution in [0.25, 0.3) is 0 Å². The smallest absolute Gasteiger partial charge is 0.246 e. The highest BCUT2D eigenvalue weighted by Crippen LogP contribution is 2.27. The van der Waals surface area contributed by atoms with Crippen LogP contribution in [0.2, 0.25) is 0 Å². The third kappa shape index (κ3) is 4.71. The Morgan fingerprint density at radius 3 is 2.65 bits per heavy atom. The van der Waals surface area contributed by atoms with E-state index in [0.29, 0.717) is 31.0 Å². The van der Waals surface area contributed by atoms with Gasteiger partial charge in [-0.05, 0) is 5.41 Å². The fourth-order valence-electron chi connectivity index (χ4n) is 2.03. The molecule has 0 aliphatic carbocycles. The van der Waals surface area contributed by atoms with Gasteiger partial charge < -0.3 is 9.80 Å². The van der Waals surface area contributed by atoms with Crippen molar-refractivity contribution in [3.63, 3.8) is 0 Å². The van der Waals surface area contributed by atoms with Crippen LogP contribution in [0.3, 0.4) is 0 Å². The maximum atomic E-state index is 12.3. The molecule has 1 rings (SSSR count). The van der Waals surface area contributed by atoms with Crippen LogP contribution < -0.4 is 0 Å². The van der Waals surface area contributed by atoms with E-state index in [1.54, 1.807) is 28.6 Å². The van der Waals surface area contributed by atoms with Gasteiger partial charge in [0.15, 0.2) is 0 Å². The minimum absolute atomic E-state index is 0.0366. The van der Waals surface area contributed by atoms with Crippen molar-refractivity contribution in [2.45, 2.75) is 39.7 Å². The quantitative estimate of drug-likeness (QED) is 0.792. The Bertz CT molecular complexity index is 412. The standard InChI is InChI=1S/C14H23N3O2S/c1-14(2,3)8-12(18)17-10-20-9-11(17)13(19)16(4)7-5-6-15/h11H,5,7-10H2,1-4H3. The van der Waals surface area contributed by atoms with E-state index in [-0.39, 0.29) is 23.3 Å². The van der Waals surface area contributed by atoms with Gasteiger partial charge in [-0.1, -0.05) is 20.8 Å². The van der Waals surface area contributed by atoms with Crippen LogP contribution in [0, 0.1) is 16.7 Å². The lowest BCUT2D eigenvalue weighted by Gasteiger charge is -2.29. The van der Waals surface area contributed by atoms with Crippen molar-refractivity contribution in [3.8, 4) is 6.07 Å². The number of nitriles is 1. The van der Waals surface area contributed by atoms with Crippen LogP contribution in [0.1, 0.15) is 33.6 Å². The molecule has 1 aliphatic heterocycles. The summed E-state index contributed by atoms with van der Waals surface area (Å²) < 4.78 is 0. The minimum Gasteiger partial charge on any atom is -0.343 e. The van der Waals surface area contributed by atoms with E-state index in [2.05, 4.69) is 0 Å². The molecule has 1 fully saturated rings. The van der Waals surface area contributed by atoms with Gasteiger partial charge in [0.2, 0.25) is 11.8 Å². The first-order valence-electron chi connectivity index (χ1n) is 6.75. The average Bonchev–Trinajstić information content (AvgIpc) is 2.82. The number of amides is 2. The molecular weight excluding hydrogens is 274 g/mol. The van der Waals surface area contributed by atoms with Crippen molar-refractivity contribution in [3.05, 3.63) is 0 Å². The van der Waals surface area contributed by atoms with Gasteiger partial charge in [0.25, 0.3) is 0 Å². The maximum Gasteiger partial charge on any atom is 0.246 e. The highest BCUT2D eigenvalue weighted by Gasteiger charge is 2.36. The van der Waals surface area contributed by atoms with Crippen molar-refractivity contribution in [1.82, 2.24) is 9.80 Å². The molecule has 0 bridgehead atoms. The van der Waals surface area contributed by atoms with Crippen molar-refractivity contribution >= 4 is 23.6 Å². The molecule has 0 radical (unpaired) electrons. The molecule has 0 aromatic rings. The molecule has 1 aliphatic rings. The summed E-state index contributed by atoms with van der Waals surface area (Å²) in [6.45, 7) is 6.47. The molecule has 0 spiro atoms. The molecule has 20 heavy (non-hydrogen) atoms. The third-order valence-corrected chi connectivity index (χ3v) is 4.12. The van der Waals surface area contributed by atoms with E-state index >= 15 is 0 Å². The fourth-order valence-corrected chi connectivity index (χ4v) is 3.20. The molecular formula is C14H23N3O2S. The summed E-state index contributed by atoms with van der Waals surface area (Å²) in [5, 5.41) is 8.57. The molecule has 1 heterocycles. The van der Waals surface area contributed by atoms with Gasteiger partial charge in [-0.15, -0.1) is 11.8 Å². The normalized spacial score (nSPS) is 18.8. The van der Waals surface area contributed by atoms with Gasteiger partial charge in [-0.3, -0.25) is 9.59 Å². The summed E-state index contributed by atoms with van der Waals surface area (Å²) in [5.41, 5.74) is -0.0787. The number of nitrogens with zero attached hydrogens (tertiary/aromatic N) is 3. The summed E-state index contributed by atoms with van der Waals surface area (Å²) in [5.74, 6) is 1.20. The summed E-state index contributed by atoms with van der Waals surface area (Å²) >= 11 is 1.61. The molecule has 0 saturated carbocycles.